The molecule has 0 bridgehead atoms. The Labute approximate surface area is 189 Å². The fourth-order valence-corrected chi connectivity index (χ4v) is 4.17. The van der Waals surface area contributed by atoms with Crippen molar-refractivity contribution in [2.45, 2.75) is 20.4 Å². The molecule has 0 atom stereocenters. The second kappa shape index (κ2) is 9.57. The summed E-state index contributed by atoms with van der Waals surface area (Å²) in [6, 6.07) is 15.4. The summed E-state index contributed by atoms with van der Waals surface area (Å²) >= 11 is 1.41. The molecule has 8 heteroatoms. The van der Waals surface area contributed by atoms with Crippen LogP contribution in [0.3, 0.4) is 0 Å². The highest BCUT2D eigenvalue weighted by atomic mass is 32.1. The zero-order chi connectivity index (χ0) is 22.5. The fourth-order valence-electron chi connectivity index (χ4n) is 3.26. The average Bonchev–Trinajstić information content (AvgIpc) is 3.22. The SMILES string of the molecule is CCOc1ccccc1/C=N\NC(=O)Cn1cnc2scc(-c3ccc(C)cc3)c2c1=O. The maximum Gasteiger partial charge on any atom is 0.263 e. The van der Waals surface area contributed by atoms with Crippen molar-refractivity contribution in [1.29, 1.82) is 0 Å². The second-order valence-electron chi connectivity index (χ2n) is 7.14. The maximum atomic E-state index is 13.1. The van der Waals surface area contributed by atoms with Crippen LogP contribution < -0.4 is 15.7 Å². The zero-order valence-electron chi connectivity index (χ0n) is 17.7. The van der Waals surface area contributed by atoms with Gasteiger partial charge in [0.05, 0.1) is 24.5 Å². The van der Waals surface area contributed by atoms with Gasteiger partial charge in [-0.3, -0.25) is 14.2 Å². The van der Waals surface area contributed by atoms with Gasteiger partial charge in [-0.05, 0) is 31.5 Å². The summed E-state index contributed by atoms with van der Waals surface area (Å²) in [5.41, 5.74) is 5.86. The van der Waals surface area contributed by atoms with Crippen molar-refractivity contribution in [3.63, 3.8) is 0 Å². The van der Waals surface area contributed by atoms with Crippen molar-refractivity contribution < 1.29 is 9.53 Å². The number of benzene rings is 2. The molecule has 2 heterocycles. The van der Waals surface area contributed by atoms with Crippen LogP contribution in [0.15, 0.2) is 70.1 Å². The third-order valence-electron chi connectivity index (χ3n) is 4.85. The van der Waals surface area contributed by atoms with E-state index in [4.69, 9.17) is 4.74 Å². The van der Waals surface area contributed by atoms with Gasteiger partial charge in [0, 0.05) is 16.5 Å². The summed E-state index contributed by atoms with van der Waals surface area (Å²) in [7, 11) is 0. The van der Waals surface area contributed by atoms with Crippen LogP contribution in [0.25, 0.3) is 21.3 Å². The molecule has 0 unspecified atom stereocenters. The van der Waals surface area contributed by atoms with Crippen LogP contribution in [0.1, 0.15) is 18.1 Å². The zero-order valence-corrected chi connectivity index (χ0v) is 18.6. The molecule has 7 nitrogen and oxygen atoms in total. The van der Waals surface area contributed by atoms with Gasteiger partial charge < -0.3 is 4.74 Å². The molecule has 4 rings (SSSR count). The second-order valence-corrected chi connectivity index (χ2v) is 8.00. The maximum absolute atomic E-state index is 13.1. The number of ether oxygens (including phenoxy) is 1. The minimum absolute atomic E-state index is 0.185. The largest absolute Gasteiger partial charge is 0.493 e. The number of hydrazone groups is 1. The Balaban J connectivity index is 1.52. The lowest BCUT2D eigenvalue weighted by molar-refractivity contribution is -0.121. The van der Waals surface area contributed by atoms with E-state index >= 15 is 0 Å². The lowest BCUT2D eigenvalue weighted by Gasteiger charge is -2.07. The number of hydrogen-bond donors (Lipinski definition) is 1. The first-order valence-corrected chi connectivity index (χ1v) is 11.0. The first kappa shape index (κ1) is 21.5. The number of thiophene rings is 1. The number of hydrogen-bond acceptors (Lipinski definition) is 6. The summed E-state index contributed by atoms with van der Waals surface area (Å²) in [5, 5.41) is 6.44. The van der Waals surface area contributed by atoms with Crippen LogP contribution >= 0.6 is 11.3 Å². The summed E-state index contributed by atoms with van der Waals surface area (Å²) in [5.74, 6) is 0.255. The Morgan fingerprint density at radius 3 is 2.78 bits per heavy atom. The number of fused-ring (bicyclic) bond motifs is 1. The molecule has 32 heavy (non-hydrogen) atoms. The van der Waals surface area contributed by atoms with Crippen LogP contribution in [-0.4, -0.2) is 28.3 Å². The normalized spacial score (nSPS) is 11.2. The number of carbonyl (C=O) groups excluding carboxylic acids is 1. The monoisotopic (exact) mass is 446 g/mol. The highest BCUT2D eigenvalue weighted by Crippen LogP contribution is 2.30. The van der Waals surface area contributed by atoms with Crippen LogP contribution in [0.4, 0.5) is 0 Å². The molecule has 0 aliphatic rings. The predicted octanol–water partition coefficient (Wildman–Crippen LogP) is 3.98. The van der Waals surface area contributed by atoms with E-state index in [0.29, 0.717) is 22.6 Å². The molecule has 1 N–H and O–H groups in total. The lowest BCUT2D eigenvalue weighted by atomic mass is 10.1. The Morgan fingerprint density at radius 2 is 2.00 bits per heavy atom. The van der Waals surface area contributed by atoms with Gasteiger partial charge in [-0.2, -0.15) is 5.10 Å². The van der Waals surface area contributed by atoms with Gasteiger partial charge in [0.1, 0.15) is 17.1 Å². The average molecular weight is 447 g/mol. The van der Waals surface area contributed by atoms with E-state index in [-0.39, 0.29) is 12.1 Å². The smallest absolute Gasteiger partial charge is 0.263 e. The highest BCUT2D eigenvalue weighted by molar-refractivity contribution is 7.17. The van der Waals surface area contributed by atoms with Crippen molar-refractivity contribution in [3.05, 3.63) is 81.7 Å². The third kappa shape index (κ3) is 4.60. The summed E-state index contributed by atoms with van der Waals surface area (Å²) in [6.07, 6.45) is 2.91. The molecule has 2 aromatic carbocycles. The molecule has 0 spiro atoms. The predicted molar refractivity (Wildman–Crippen MR) is 127 cm³/mol. The van der Waals surface area contributed by atoms with E-state index in [1.807, 2.05) is 67.8 Å². The Morgan fingerprint density at radius 1 is 1.22 bits per heavy atom. The van der Waals surface area contributed by atoms with E-state index in [0.717, 1.165) is 22.3 Å². The Hall–Kier alpha value is -3.78. The molecule has 0 aliphatic carbocycles. The van der Waals surface area contributed by atoms with Gasteiger partial charge in [0.25, 0.3) is 11.5 Å². The molecule has 0 aliphatic heterocycles. The molecule has 0 saturated carbocycles. The number of amides is 1. The molecule has 0 radical (unpaired) electrons. The summed E-state index contributed by atoms with van der Waals surface area (Å²) in [6.45, 7) is 4.26. The van der Waals surface area contributed by atoms with E-state index in [2.05, 4.69) is 15.5 Å². The third-order valence-corrected chi connectivity index (χ3v) is 5.74. The van der Waals surface area contributed by atoms with Gasteiger partial charge >= 0.3 is 0 Å². The first-order chi connectivity index (χ1) is 15.6. The Bertz CT molecular complexity index is 1340. The van der Waals surface area contributed by atoms with Gasteiger partial charge in [-0.15, -0.1) is 11.3 Å². The quantitative estimate of drug-likeness (QED) is 0.344. The van der Waals surface area contributed by atoms with Gasteiger partial charge in [-0.25, -0.2) is 10.4 Å². The molecular weight excluding hydrogens is 424 g/mol. The molecule has 1 amide bonds. The summed E-state index contributed by atoms with van der Waals surface area (Å²) in [4.78, 5) is 30.5. The number of nitrogens with zero attached hydrogens (tertiary/aromatic N) is 3. The minimum atomic E-state index is -0.425. The van der Waals surface area contributed by atoms with E-state index in [1.54, 1.807) is 0 Å². The van der Waals surface area contributed by atoms with Gasteiger partial charge in [0.15, 0.2) is 0 Å². The van der Waals surface area contributed by atoms with Crippen LogP contribution in [0.2, 0.25) is 0 Å². The van der Waals surface area contributed by atoms with E-state index < -0.39 is 5.91 Å². The summed E-state index contributed by atoms with van der Waals surface area (Å²) < 4.78 is 6.83. The van der Waals surface area contributed by atoms with Crippen molar-refractivity contribution in [3.8, 4) is 16.9 Å². The molecule has 2 aromatic heterocycles. The Kier molecular flexibility index (Phi) is 6.42. The van der Waals surface area contributed by atoms with E-state index in [1.165, 1.54) is 28.4 Å². The topological polar surface area (TPSA) is 85.6 Å². The highest BCUT2D eigenvalue weighted by Gasteiger charge is 2.14. The van der Waals surface area contributed by atoms with Crippen molar-refractivity contribution >= 4 is 33.7 Å². The number of rotatable bonds is 7. The molecule has 0 fully saturated rings. The molecular formula is C24H22N4O3S. The number of carbonyl (C=O) groups is 1. The minimum Gasteiger partial charge on any atom is -0.493 e. The molecule has 162 valence electrons. The number of para-hydroxylation sites is 1. The lowest BCUT2D eigenvalue weighted by Crippen LogP contribution is -2.30. The van der Waals surface area contributed by atoms with Gasteiger partial charge in [-0.1, -0.05) is 42.0 Å². The van der Waals surface area contributed by atoms with Crippen LogP contribution in [0.5, 0.6) is 5.75 Å². The first-order valence-electron chi connectivity index (χ1n) is 10.1. The number of nitrogens with one attached hydrogen (secondary N) is 1. The number of aromatic nitrogens is 2. The van der Waals surface area contributed by atoms with Gasteiger partial charge in [0.2, 0.25) is 0 Å². The van der Waals surface area contributed by atoms with Crippen LogP contribution in [-0.2, 0) is 11.3 Å². The van der Waals surface area contributed by atoms with Crippen molar-refractivity contribution in [2.75, 3.05) is 6.61 Å². The standard InChI is InChI=1S/C24H22N4O3S/c1-3-31-20-7-5-4-6-18(20)12-26-27-21(29)13-28-15-25-23-22(24(28)30)19(14-32-23)17-10-8-16(2)9-11-17/h4-12,14-15H,3,13H2,1-2H3,(H,27,29)/b26-12-. The van der Waals surface area contributed by atoms with Crippen molar-refractivity contribution in [1.82, 2.24) is 15.0 Å². The molecule has 4 aromatic rings. The van der Waals surface area contributed by atoms with Crippen molar-refractivity contribution in [2.24, 2.45) is 5.10 Å². The van der Waals surface area contributed by atoms with Crippen LogP contribution in [0, 0.1) is 6.92 Å². The fraction of sp³-hybridized carbons (Fsp3) is 0.167. The van der Waals surface area contributed by atoms with E-state index in [9.17, 15) is 9.59 Å². The molecule has 0 saturated heterocycles. The number of aryl methyl sites for hydroxylation is 1.